The van der Waals surface area contributed by atoms with E-state index >= 15 is 0 Å². The van der Waals surface area contributed by atoms with Gasteiger partial charge in [0, 0.05) is 0 Å². The van der Waals surface area contributed by atoms with Crippen molar-refractivity contribution in [3.63, 3.8) is 0 Å². The van der Waals surface area contributed by atoms with Gasteiger partial charge in [-0.1, -0.05) is 0 Å². The number of Topliss-reactive ketones (excluding diaryl/α,β-unsaturated/α-hetero) is 1. The molecule has 0 saturated heterocycles. The number of ketones is 1. The molecule has 1 aliphatic heterocycles. The summed E-state index contributed by atoms with van der Waals surface area (Å²) in [4.78, 5) is 14.3. The van der Waals surface area contributed by atoms with Crippen LogP contribution in [0.4, 0.5) is 0 Å². The van der Waals surface area contributed by atoms with Gasteiger partial charge in [0.05, 0.1) is 24.9 Å². The lowest BCUT2D eigenvalue weighted by atomic mass is 10.1. The number of rotatable bonds is 1. The third-order valence-corrected chi connectivity index (χ3v) is 1.20. The molecule has 0 aromatic heterocycles. The maximum Gasteiger partial charge on any atom is 0.204 e. The van der Waals surface area contributed by atoms with Crippen LogP contribution >= 0.6 is 0 Å². The van der Waals surface area contributed by atoms with E-state index in [-0.39, 0.29) is 24.6 Å². The molecule has 0 aliphatic carbocycles. The van der Waals surface area contributed by atoms with Gasteiger partial charge in [-0.25, -0.2) is 0 Å². The topological polar surface area (TPSA) is 69.9 Å². The highest BCUT2D eigenvalue weighted by atomic mass is 16.3. The fraction of sp³-hybridized carbons (Fsp3) is 0.333. The standard InChI is InChI=1S/C6H7NO3/c8-3-4-1-5(9)6(10)2-7-4/h2,8,10H,1,3H2. The van der Waals surface area contributed by atoms with E-state index in [0.717, 1.165) is 6.20 Å². The highest BCUT2D eigenvalue weighted by Crippen LogP contribution is 2.04. The van der Waals surface area contributed by atoms with Gasteiger partial charge in [0.15, 0.2) is 5.76 Å². The lowest BCUT2D eigenvalue weighted by Crippen LogP contribution is -2.16. The summed E-state index contributed by atoms with van der Waals surface area (Å²) in [7, 11) is 0. The van der Waals surface area contributed by atoms with Crippen molar-refractivity contribution in [2.24, 2.45) is 4.99 Å². The van der Waals surface area contributed by atoms with E-state index < -0.39 is 0 Å². The minimum Gasteiger partial charge on any atom is -0.503 e. The predicted octanol–water partition coefficient (Wildman–Crippen LogP) is -0.208. The molecular formula is C6H7NO3. The highest BCUT2D eigenvalue weighted by molar-refractivity contribution is 6.10. The summed E-state index contributed by atoms with van der Waals surface area (Å²) in [6.45, 7) is -0.227. The average molecular weight is 141 g/mol. The molecule has 0 aromatic rings. The third-order valence-electron chi connectivity index (χ3n) is 1.20. The third kappa shape index (κ3) is 1.22. The van der Waals surface area contributed by atoms with E-state index in [1.54, 1.807) is 0 Å². The van der Waals surface area contributed by atoms with Gasteiger partial charge in [-0.3, -0.25) is 9.79 Å². The first-order valence-corrected chi connectivity index (χ1v) is 2.83. The molecule has 4 nitrogen and oxygen atoms in total. The van der Waals surface area contributed by atoms with Gasteiger partial charge in [-0.2, -0.15) is 0 Å². The summed E-state index contributed by atoms with van der Waals surface area (Å²) < 4.78 is 0. The Morgan fingerprint density at radius 3 is 2.90 bits per heavy atom. The molecule has 0 atom stereocenters. The van der Waals surface area contributed by atoms with Gasteiger partial charge >= 0.3 is 0 Å². The zero-order valence-corrected chi connectivity index (χ0v) is 5.24. The van der Waals surface area contributed by atoms with Crippen molar-refractivity contribution in [3.8, 4) is 0 Å². The summed E-state index contributed by atoms with van der Waals surface area (Å²) in [6, 6.07) is 0. The molecule has 0 unspecified atom stereocenters. The van der Waals surface area contributed by atoms with Crippen molar-refractivity contribution >= 4 is 11.5 Å². The van der Waals surface area contributed by atoms with E-state index in [2.05, 4.69) is 4.99 Å². The van der Waals surface area contributed by atoms with Crippen LogP contribution in [-0.2, 0) is 4.79 Å². The largest absolute Gasteiger partial charge is 0.503 e. The minimum atomic E-state index is -0.390. The van der Waals surface area contributed by atoms with Gasteiger partial charge < -0.3 is 10.2 Å². The molecule has 2 N–H and O–H groups in total. The lowest BCUT2D eigenvalue weighted by Gasteiger charge is -2.04. The summed E-state index contributed by atoms with van der Waals surface area (Å²) in [5.41, 5.74) is 0.391. The number of nitrogens with zero attached hydrogens (tertiary/aromatic N) is 1. The number of carbonyl (C=O) groups is 1. The van der Waals surface area contributed by atoms with Crippen LogP contribution in [0.15, 0.2) is 17.0 Å². The molecule has 0 spiro atoms. The summed E-state index contributed by atoms with van der Waals surface area (Å²) in [5.74, 6) is -0.726. The van der Waals surface area contributed by atoms with Crippen molar-refractivity contribution in [1.29, 1.82) is 0 Å². The van der Waals surface area contributed by atoms with Crippen LogP contribution in [0.1, 0.15) is 6.42 Å². The maximum absolute atomic E-state index is 10.7. The second kappa shape index (κ2) is 2.62. The van der Waals surface area contributed by atoms with E-state index in [4.69, 9.17) is 10.2 Å². The SMILES string of the molecule is O=C1CC(CO)=NC=C1O. The van der Waals surface area contributed by atoms with Gasteiger partial charge in [0.25, 0.3) is 0 Å². The normalized spacial score (nSPS) is 18.3. The van der Waals surface area contributed by atoms with Crippen LogP contribution < -0.4 is 0 Å². The molecular weight excluding hydrogens is 134 g/mol. The predicted molar refractivity (Wildman–Crippen MR) is 34.9 cm³/mol. The molecule has 10 heavy (non-hydrogen) atoms. The van der Waals surface area contributed by atoms with Crippen molar-refractivity contribution in [1.82, 2.24) is 0 Å². The van der Waals surface area contributed by atoms with Crippen LogP contribution in [0.25, 0.3) is 0 Å². The number of aliphatic hydroxyl groups excluding tert-OH is 2. The Balaban J connectivity index is 2.78. The van der Waals surface area contributed by atoms with Crippen molar-refractivity contribution < 1.29 is 15.0 Å². The van der Waals surface area contributed by atoms with Crippen LogP contribution in [-0.4, -0.2) is 28.3 Å². The number of allylic oxidation sites excluding steroid dienone is 1. The smallest absolute Gasteiger partial charge is 0.204 e. The molecule has 54 valence electrons. The van der Waals surface area contributed by atoms with E-state index in [1.165, 1.54) is 0 Å². The van der Waals surface area contributed by atoms with Crippen LogP contribution in [0, 0.1) is 0 Å². The highest BCUT2D eigenvalue weighted by Gasteiger charge is 2.14. The first kappa shape index (κ1) is 6.95. The summed E-state index contributed by atoms with van der Waals surface area (Å²) in [6.07, 6.45) is 1.08. The molecule has 0 amide bonds. The second-order valence-corrected chi connectivity index (χ2v) is 1.97. The average Bonchev–Trinajstić information content (AvgIpc) is 1.95. The zero-order valence-electron chi connectivity index (χ0n) is 5.24. The van der Waals surface area contributed by atoms with Crippen molar-refractivity contribution in [2.75, 3.05) is 6.61 Å². The first-order valence-electron chi connectivity index (χ1n) is 2.83. The van der Waals surface area contributed by atoms with Crippen molar-refractivity contribution in [3.05, 3.63) is 12.0 Å². The second-order valence-electron chi connectivity index (χ2n) is 1.97. The zero-order chi connectivity index (χ0) is 7.56. The number of hydrogen-bond acceptors (Lipinski definition) is 4. The Hall–Kier alpha value is -1.16. The van der Waals surface area contributed by atoms with Crippen LogP contribution in [0.2, 0.25) is 0 Å². The van der Waals surface area contributed by atoms with E-state index in [0.29, 0.717) is 5.71 Å². The quantitative estimate of drug-likeness (QED) is 0.531. The van der Waals surface area contributed by atoms with E-state index in [1.807, 2.05) is 0 Å². The van der Waals surface area contributed by atoms with E-state index in [9.17, 15) is 4.79 Å². The van der Waals surface area contributed by atoms with Gasteiger partial charge in [-0.15, -0.1) is 0 Å². The van der Waals surface area contributed by atoms with Crippen molar-refractivity contribution in [2.45, 2.75) is 6.42 Å². The van der Waals surface area contributed by atoms with Gasteiger partial charge in [0.1, 0.15) is 0 Å². The van der Waals surface area contributed by atoms with Gasteiger partial charge in [-0.05, 0) is 0 Å². The molecule has 0 bridgehead atoms. The number of carbonyl (C=O) groups excluding carboxylic acids is 1. The summed E-state index contributed by atoms with van der Waals surface area (Å²) in [5, 5.41) is 17.2. The monoisotopic (exact) mass is 141 g/mol. The molecule has 0 aromatic carbocycles. The fourth-order valence-corrected chi connectivity index (χ4v) is 0.643. The Morgan fingerprint density at radius 1 is 1.70 bits per heavy atom. The lowest BCUT2D eigenvalue weighted by molar-refractivity contribution is -0.117. The molecule has 1 aliphatic rings. The first-order chi connectivity index (χ1) is 4.74. The fourth-order valence-electron chi connectivity index (χ4n) is 0.643. The minimum absolute atomic E-state index is 0.0266. The molecule has 0 radical (unpaired) electrons. The number of aliphatic hydroxyl groups is 2. The number of aliphatic imine (C=N–C) groups is 1. The molecule has 1 rings (SSSR count). The van der Waals surface area contributed by atoms with Crippen LogP contribution in [0.5, 0.6) is 0 Å². The molecule has 0 saturated carbocycles. The summed E-state index contributed by atoms with van der Waals surface area (Å²) >= 11 is 0. The number of hydrogen-bond donors (Lipinski definition) is 2. The molecule has 4 heteroatoms. The van der Waals surface area contributed by atoms with Gasteiger partial charge in [0.2, 0.25) is 5.78 Å². The molecule has 0 fully saturated rings. The maximum atomic E-state index is 10.7. The Morgan fingerprint density at radius 2 is 2.40 bits per heavy atom. The Kier molecular flexibility index (Phi) is 1.82. The Labute approximate surface area is 57.5 Å². The van der Waals surface area contributed by atoms with Crippen LogP contribution in [0.3, 0.4) is 0 Å². The molecule has 1 heterocycles. The Bertz CT molecular complexity index is 217.